The second-order valence-electron chi connectivity index (χ2n) is 10.3. The largest absolute Gasteiger partial charge is 0.497 e. The van der Waals surface area contributed by atoms with Crippen LogP contribution in [0.15, 0.2) is 54.6 Å². The molecule has 1 atom stereocenters. The summed E-state index contributed by atoms with van der Waals surface area (Å²) in [5, 5.41) is 6.89. The molecule has 0 aliphatic carbocycles. The Bertz CT molecular complexity index is 1350. The Hall–Kier alpha value is -4.07. The number of aryl methyl sites for hydroxylation is 1. The van der Waals surface area contributed by atoms with Crippen LogP contribution in [0.1, 0.15) is 18.1 Å². The number of rotatable bonds is 3. The van der Waals surface area contributed by atoms with Crippen LogP contribution < -0.4 is 25.0 Å². The third-order valence-corrected chi connectivity index (χ3v) is 7.66. The predicted molar refractivity (Wildman–Crippen MR) is 151 cm³/mol. The minimum atomic E-state index is 0.0802. The van der Waals surface area contributed by atoms with Crippen LogP contribution >= 0.6 is 0 Å². The van der Waals surface area contributed by atoms with E-state index in [1.165, 1.54) is 0 Å². The highest BCUT2D eigenvalue weighted by Crippen LogP contribution is 2.37. The number of fused-ring (bicyclic) bond motifs is 2. The van der Waals surface area contributed by atoms with Crippen molar-refractivity contribution in [1.82, 2.24) is 9.80 Å². The van der Waals surface area contributed by atoms with Crippen molar-refractivity contribution in [2.45, 2.75) is 26.6 Å². The van der Waals surface area contributed by atoms with Gasteiger partial charge in [-0.05, 0) is 66.9 Å². The number of nitrogens with zero attached hydrogens (tertiary/aromatic N) is 3. The molecule has 38 heavy (non-hydrogen) atoms. The lowest BCUT2D eigenvalue weighted by atomic mass is 9.98. The predicted octanol–water partition coefficient (Wildman–Crippen LogP) is 4.99. The van der Waals surface area contributed by atoms with Gasteiger partial charge in [-0.2, -0.15) is 0 Å². The molecule has 0 bridgehead atoms. The second-order valence-corrected chi connectivity index (χ2v) is 10.3. The van der Waals surface area contributed by atoms with Crippen molar-refractivity contribution < 1.29 is 14.3 Å². The van der Waals surface area contributed by atoms with Gasteiger partial charge in [-0.1, -0.05) is 12.1 Å². The van der Waals surface area contributed by atoms with Gasteiger partial charge in [0.15, 0.2) is 0 Å². The molecule has 8 heteroatoms. The van der Waals surface area contributed by atoms with E-state index >= 15 is 0 Å². The van der Waals surface area contributed by atoms with Crippen molar-refractivity contribution >= 4 is 23.1 Å². The zero-order chi connectivity index (χ0) is 26.2. The summed E-state index contributed by atoms with van der Waals surface area (Å²) in [5.41, 5.74) is 7.80. The van der Waals surface area contributed by atoms with Gasteiger partial charge in [0.1, 0.15) is 18.1 Å². The van der Waals surface area contributed by atoms with Crippen LogP contribution in [-0.4, -0.2) is 68.4 Å². The number of anilines is 3. The lowest BCUT2D eigenvalue weighted by molar-refractivity contribution is 0.143. The standard InChI is InChI=1S/C30H35N5O3/c1-20-15-23(22-7-8-27-28(17-22)32-21(2)31-27)16-24-19-35(13-14-38-29(20)24)30(36)34-11-9-33(10-12-34)25-5-4-6-26(18-25)37-3/h4-8,15-18,21,31-32H,9-14,19H2,1-3H3. The van der Waals surface area contributed by atoms with E-state index in [1.807, 2.05) is 21.9 Å². The highest BCUT2D eigenvalue weighted by Gasteiger charge is 2.28. The minimum absolute atomic E-state index is 0.0802. The Kier molecular flexibility index (Phi) is 6.39. The number of carbonyl (C=O) groups is 1. The molecule has 2 N–H and O–H groups in total. The molecular formula is C30H35N5O3. The van der Waals surface area contributed by atoms with Crippen LogP contribution in [-0.2, 0) is 6.54 Å². The summed E-state index contributed by atoms with van der Waals surface area (Å²) < 4.78 is 11.5. The topological polar surface area (TPSA) is 69.3 Å². The molecular weight excluding hydrogens is 478 g/mol. The molecule has 2 amide bonds. The number of urea groups is 1. The third-order valence-electron chi connectivity index (χ3n) is 7.66. The van der Waals surface area contributed by atoms with Gasteiger partial charge in [0.2, 0.25) is 0 Å². The van der Waals surface area contributed by atoms with E-state index in [0.717, 1.165) is 63.9 Å². The van der Waals surface area contributed by atoms with Gasteiger partial charge < -0.3 is 34.8 Å². The van der Waals surface area contributed by atoms with Gasteiger partial charge in [-0.15, -0.1) is 0 Å². The molecule has 3 aliphatic rings. The molecule has 0 saturated carbocycles. The maximum Gasteiger partial charge on any atom is 0.320 e. The minimum Gasteiger partial charge on any atom is -0.497 e. The summed E-state index contributed by atoms with van der Waals surface area (Å²) in [4.78, 5) is 19.8. The molecule has 0 radical (unpaired) electrons. The van der Waals surface area contributed by atoms with Gasteiger partial charge in [-0.25, -0.2) is 4.79 Å². The molecule has 3 heterocycles. The zero-order valence-corrected chi connectivity index (χ0v) is 22.3. The molecule has 198 valence electrons. The molecule has 3 aromatic carbocycles. The summed E-state index contributed by atoms with van der Waals surface area (Å²) in [6, 6.07) is 19.0. The normalized spacial score (nSPS) is 18.5. The number of amides is 2. The molecule has 3 aromatic rings. The molecule has 1 unspecified atom stereocenters. The lowest BCUT2D eigenvalue weighted by Gasteiger charge is -2.38. The Morgan fingerprint density at radius 1 is 0.921 bits per heavy atom. The van der Waals surface area contributed by atoms with E-state index < -0.39 is 0 Å². The zero-order valence-electron chi connectivity index (χ0n) is 22.3. The van der Waals surface area contributed by atoms with Crippen molar-refractivity contribution in [2.24, 2.45) is 0 Å². The number of ether oxygens (including phenoxy) is 2. The Morgan fingerprint density at radius 3 is 2.55 bits per heavy atom. The highest BCUT2D eigenvalue weighted by molar-refractivity contribution is 5.81. The molecule has 6 rings (SSSR count). The summed E-state index contributed by atoms with van der Waals surface area (Å²) in [5.74, 6) is 1.75. The van der Waals surface area contributed by atoms with Gasteiger partial charge in [0, 0.05) is 43.5 Å². The average Bonchev–Trinajstić information content (AvgIpc) is 3.18. The molecule has 3 aliphatic heterocycles. The lowest BCUT2D eigenvalue weighted by Crippen LogP contribution is -2.53. The van der Waals surface area contributed by atoms with Gasteiger partial charge in [0.05, 0.1) is 37.7 Å². The van der Waals surface area contributed by atoms with Crippen molar-refractivity contribution in [1.29, 1.82) is 0 Å². The molecule has 0 aromatic heterocycles. The van der Waals surface area contributed by atoms with Gasteiger partial charge in [0.25, 0.3) is 0 Å². The van der Waals surface area contributed by atoms with Crippen molar-refractivity contribution in [3.63, 3.8) is 0 Å². The maximum atomic E-state index is 13.6. The Labute approximate surface area is 224 Å². The Morgan fingerprint density at radius 2 is 1.74 bits per heavy atom. The Balaban J connectivity index is 1.17. The van der Waals surface area contributed by atoms with E-state index in [2.05, 4.69) is 71.8 Å². The van der Waals surface area contributed by atoms with E-state index in [9.17, 15) is 4.79 Å². The van der Waals surface area contributed by atoms with E-state index in [-0.39, 0.29) is 12.2 Å². The van der Waals surface area contributed by atoms with Crippen molar-refractivity contribution in [2.75, 3.05) is 62.0 Å². The second kappa shape index (κ2) is 10.0. The highest BCUT2D eigenvalue weighted by atomic mass is 16.5. The first-order valence-electron chi connectivity index (χ1n) is 13.3. The van der Waals surface area contributed by atoms with Crippen LogP contribution in [0.2, 0.25) is 0 Å². The van der Waals surface area contributed by atoms with Crippen LogP contribution in [0.3, 0.4) is 0 Å². The first-order chi connectivity index (χ1) is 18.5. The number of hydrogen-bond donors (Lipinski definition) is 2. The first kappa shape index (κ1) is 24.3. The van der Waals surface area contributed by atoms with Crippen molar-refractivity contribution in [3.05, 3.63) is 65.7 Å². The number of hydrogen-bond acceptors (Lipinski definition) is 6. The summed E-state index contributed by atoms with van der Waals surface area (Å²) in [6.07, 6.45) is 0.222. The van der Waals surface area contributed by atoms with E-state index in [4.69, 9.17) is 9.47 Å². The summed E-state index contributed by atoms with van der Waals surface area (Å²) in [6.45, 7) is 8.77. The fourth-order valence-electron chi connectivity index (χ4n) is 5.68. The third kappa shape index (κ3) is 4.66. The summed E-state index contributed by atoms with van der Waals surface area (Å²) in [7, 11) is 1.68. The number of methoxy groups -OCH3 is 1. The number of carbonyl (C=O) groups excluding carboxylic acids is 1. The monoisotopic (exact) mass is 513 g/mol. The van der Waals surface area contributed by atoms with Crippen LogP contribution in [0.4, 0.5) is 21.9 Å². The van der Waals surface area contributed by atoms with E-state index in [1.54, 1.807) is 7.11 Å². The van der Waals surface area contributed by atoms with Gasteiger partial charge >= 0.3 is 6.03 Å². The number of nitrogens with one attached hydrogen (secondary N) is 2. The van der Waals surface area contributed by atoms with E-state index in [0.29, 0.717) is 32.8 Å². The fourth-order valence-corrected chi connectivity index (χ4v) is 5.68. The average molecular weight is 514 g/mol. The smallest absolute Gasteiger partial charge is 0.320 e. The van der Waals surface area contributed by atoms with Gasteiger partial charge in [-0.3, -0.25) is 0 Å². The van der Waals surface area contributed by atoms with Crippen LogP contribution in [0.25, 0.3) is 11.1 Å². The number of piperazine rings is 1. The van der Waals surface area contributed by atoms with Crippen LogP contribution in [0.5, 0.6) is 11.5 Å². The summed E-state index contributed by atoms with van der Waals surface area (Å²) >= 11 is 0. The molecule has 8 nitrogen and oxygen atoms in total. The molecule has 1 fully saturated rings. The van der Waals surface area contributed by atoms with Crippen LogP contribution in [0, 0.1) is 6.92 Å². The molecule has 0 spiro atoms. The number of benzene rings is 3. The maximum absolute atomic E-state index is 13.6. The molecule has 1 saturated heterocycles. The fraction of sp³-hybridized carbons (Fsp3) is 0.367. The SMILES string of the molecule is COc1cccc(N2CCN(C(=O)N3CCOc4c(C)cc(-c5ccc6c(c5)NC(C)N6)cc4C3)CC2)c1. The quantitative estimate of drug-likeness (QED) is 0.514. The van der Waals surface area contributed by atoms with Crippen molar-refractivity contribution in [3.8, 4) is 22.6 Å². The first-order valence-corrected chi connectivity index (χ1v) is 13.3.